The van der Waals surface area contributed by atoms with Gasteiger partial charge in [0.05, 0.1) is 0 Å². The molecule has 0 aromatic heterocycles. The van der Waals surface area contributed by atoms with Crippen molar-refractivity contribution < 1.29 is 14.7 Å². The van der Waals surface area contributed by atoms with E-state index in [2.05, 4.69) is 5.32 Å². The molecule has 1 atom stereocenters. The first-order chi connectivity index (χ1) is 8.07. The van der Waals surface area contributed by atoms with Crippen LogP contribution in [0.3, 0.4) is 0 Å². The van der Waals surface area contributed by atoms with Gasteiger partial charge in [-0.25, -0.2) is 4.79 Å². The number of rotatable bonds is 4. The first-order valence-corrected chi connectivity index (χ1v) is 5.42. The van der Waals surface area contributed by atoms with Crippen molar-refractivity contribution in [1.29, 1.82) is 0 Å². The van der Waals surface area contributed by atoms with Gasteiger partial charge in [-0.05, 0) is 26.0 Å². The van der Waals surface area contributed by atoms with Gasteiger partial charge in [0.2, 0.25) is 5.91 Å². The molecular formula is C12H16N2O3. The van der Waals surface area contributed by atoms with Crippen LogP contribution < -0.4 is 10.2 Å². The second-order valence-corrected chi connectivity index (χ2v) is 3.56. The fourth-order valence-corrected chi connectivity index (χ4v) is 1.53. The molecule has 0 radical (unpaired) electrons. The Bertz CT molecular complexity index is 392. The smallest absolute Gasteiger partial charge is 0.412 e. The summed E-state index contributed by atoms with van der Waals surface area (Å²) in [6.45, 7) is 3.83. The van der Waals surface area contributed by atoms with Crippen LogP contribution in [-0.4, -0.2) is 29.7 Å². The Morgan fingerprint density at radius 2 is 1.94 bits per heavy atom. The van der Waals surface area contributed by atoms with Crippen molar-refractivity contribution in [3.8, 4) is 0 Å². The predicted octanol–water partition coefficient (Wildman–Crippen LogP) is 1.70. The Morgan fingerprint density at radius 3 is 2.41 bits per heavy atom. The third-order valence-electron chi connectivity index (χ3n) is 2.36. The molecule has 0 aliphatic carbocycles. The lowest BCUT2D eigenvalue weighted by atomic mass is 10.2. The quantitative estimate of drug-likeness (QED) is 0.835. The standard InChI is InChI=1S/C12H16N2O3/c1-3-13-11(15)9(2)14(12(16)17)10-7-5-4-6-8-10/h4-9H,3H2,1-2H3,(H,13,15)(H,16,17). The van der Waals surface area contributed by atoms with Gasteiger partial charge in [0.15, 0.2) is 0 Å². The first-order valence-electron chi connectivity index (χ1n) is 5.42. The summed E-state index contributed by atoms with van der Waals surface area (Å²) in [5.74, 6) is -0.307. The summed E-state index contributed by atoms with van der Waals surface area (Å²) >= 11 is 0. The van der Waals surface area contributed by atoms with Gasteiger partial charge in [0, 0.05) is 12.2 Å². The number of benzene rings is 1. The van der Waals surface area contributed by atoms with Crippen LogP contribution in [0.2, 0.25) is 0 Å². The SMILES string of the molecule is CCNC(=O)C(C)N(C(=O)O)c1ccccc1. The second-order valence-electron chi connectivity index (χ2n) is 3.56. The van der Waals surface area contributed by atoms with E-state index in [9.17, 15) is 9.59 Å². The van der Waals surface area contributed by atoms with Crippen molar-refractivity contribution in [2.75, 3.05) is 11.4 Å². The van der Waals surface area contributed by atoms with Crippen LogP contribution in [-0.2, 0) is 4.79 Å². The minimum Gasteiger partial charge on any atom is -0.465 e. The van der Waals surface area contributed by atoms with Crippen LogP contribution in [0, 0.1) is 0 Å². The third kappa shape index (κ3) is 3.21. The molecule has 5 nitrogen and oxygen atoms in total. The van der Waals surface area contributed by atoms with Crippen molar-refractivity contribution in [1.82, 2.24) is 5.32 Å². The maximum atomic E-state index is 11.6. The molecule has 17 heavy (non-hydrogen) atoms. The zero-order valence-electron chi connectivity index (χ0n) is 9.88. The predicted molar refractivity (Wildman–Crippen MR) is 65.1 cm³/mol. The van der Waals surface area contributed by atoms with E-state index < -0.39 is 12.1 Å². The van der Waals surface area contributed by atoms with E-state index >= 15 is 0 Å². The Balaban J connectivity index is 2.94. The van der Waals surface area contributed by atoms with Gasteiger partial charge >= 0.3 is 6.09 Å². The zero-order chi connectivity index (χ0) is 12.8. The molecule has 2 amide bonds. The number of carbonyl (C=O) groups is 2. The first kappa shape index (κ1) is 13.0. The largest absolute Gasteiger partial charge is 0.465 e. The lowest BCUT2D eigenvalue weighted by molar-refractivity contribution is -0.121. The van der Waals surface area contributed by atoms with E-state index in [0.717, 1.165) is 4.90 Å². The summed E-state index contributed by atoms with van der Waals surface area (Å²) in [6.07, 6.45) is -1.14. The van der Waals surface area contributed by atoms with Gasteiger partial charge in [-0.2, -0.15) is 0 Å². The molecule has 2 N–H and O–H groups in total. The normalized spacial score (nSPS) is 11.6. The summed E-state index contributed by atoms with van der Waals surface area (Å²) in [5.41, 5.74) is 0.485. The van der Waals surface area contributed by atoms with Gasteiger partial charge in [0.25, 0.3) is 0 Å². The Labute approximate surface area is 100 Å². The molecule has 1 aromatic carbocycles. The summed E-state index contributed by atoms with van der Waals surface area (Å²) < 4.78 is 0. The zero-order valence-corrected chi connectivity index (χ0v) is 9.88. The summed E-state index contributed by atoms with van der Waals surface area (Å²) in [4.78, 5) is 23.9. The molecule has 1 aromatic rings. The Kier molecular flexibility index (Phi) is 4.51. The topological polar surface area (TPSA) is 69.6 Å². The van der Waals surface area contributed by atoms with Crippen molar-refractivity contribution in [2.45, 2.75) is 19.9 Å². The molecule has 0 saturated carbocycles. The molecule has 0 spiro atoms. The molecule has 0 bridgehead atoms. The highest BCUT2D eigenvalue weighted by Crippen LogP contribution is 2.16. The maximum Gasteiger partial charge on any atom is 0.412 e. The van der Waals surface area contributed by atoms with Crippen molar-refractivity contribution in [3.05, 3.63) is 30.3 Å². The summed E-state index contributed by atoms with van der Waals surface area (Å²) in [7, 11) is 0. The Morgan fingerprint density at radius 1 is 1.35 bits per heavy atom. The minimum atomic E-state index is -1.14. The van der Waals surface area contributed by atoms with Gasteiger partial charge < -0.3 is 10.4 Å². The maximum absolute atomic E-state index is 11.6. The molecular weight excluding hydrogens is 220 g/mol. The number of likely N-dealkylation sites (N-methyl/N-ethyl adjacent to an activating group) is 1. The van der Waals surface area contributed by atoms with E-state index in [1.54, 1.807) is 44.2 Å². The number of anilines is 1. The van der Waals surface area contributed by atoms with Gasteiger partial charge in [0.1, 0.15) is 6.04 Å². The molecule has 92 valence electrons. The molecule has 0 aliphatic rings. The molecule has 0 aliphatic heterocycles. The number of nitrogens with zero attached hydrogens (tertiary/aromatic N) is 1. The molecule has 0 fully saturated rings. The molecule has 1 rings (SSSR count). The average molecular weight is 236 g/mol. The third-order valence-corrected chi connectivity index (χ3v) is 2.36. The number of nitrogens with one attached hydrogen (secondary N) is 1. The number of hydrogen-bond acceptors (Lipinski definition) is 2. The Hall–Kier alpha value is -2.04. The fraction of sp³-hybridized carbons (Fsp3) is 0.333. The van der Waals surface area contributed by atoms with Crippen LogP contribution in [0.25, 0.3) is 0 Å². The highest BCUT2D eigenvalue weighted by atomic mass is 16.4. The van der Waals surface area contributed by atoms with Crippen LogP contribution in [0.5, 0.6) is 0 Å². The van der Waals surface area contributed by atoms with Crippen LogP contribution in [0.4, 0.5) is 10.5 Å². The van der Waals surface area contributed by atoms with Crippen LogP contribution in [0.1, 0.15) is 13.8 Å². The second kappa shape index (κ2) is 5.89. The van der Waals surface area contributed by atoms with Crippen molar-refractivity contribution in [2.24, 2.45) is 0 Å². The van der Waals surface area contributed by atoms with E-state index in [1.807, 2.05) is 0 Å². The highest BCUT2D eigenvalue weighted by molar-refractivity contribution is 5.96. The molecule has 0 saturated heterocycles. The highest BCUT2D eigenvalue weighted by Gasteiger charge is 2.26. The summed E-state index contributed by atoms with van der Waals surface area (Å²) in [5, 5.41) is 11.8. The average Bonchev–Trinajstić information content (AvgIpc) is 2.30. The fourth-order valence-electron chi connectivity index (χ4n) is 1.53. The summed E-state index contributed by atoms with van der Waals surface area (Å²) in [6, 6.07) is 7.81. The molecule has 1 unspecified atom stereocenters. The molecule has 5 heteroatoms. The van der Waals surface area contributed by atoms with Crippen LogP contribution in [0.15, 0.2) is 30.3 Å². The van der Waals surface area contributed by atoms with Gasteiger partial charge in [-0.3, -0.25) is 9.69 Å². The molecule has 0 heterocycles. The van der Waals surface area contributed by atoms with Gasteiger partial charge in [-0.1, -0.05) is 18.2 Å². The monoisotopic (exact) mass is 236 g/mol. The number of amides is 2. The van der Waals surface area contributed by atoms with Crippen molar-refractivity contribution in [3.63, 3.8) is 0 Å². The lowest BCUT2D eigenvalue weighted by Crippen LogP contribution is -2.47. The minimum absolute atomic E-state index is 0.307. The van der Waals surface area contributed by atoms with E-state index in [0.29, 0.717) is 12.2 Å². The van der Waals surface area contributed by atoms with Gasteiger partial charge in [-0.15, -0.1) is 0 Å². The lowest BCUT2D eigenvalue weighted by Gasteiger charge is -2.25. The number of carbonyl (C=O) groups excluding carboxylic acids is 1. The number of para-hydroxylation sites is 1. The number of hydrogen-bond donors (Lipinski definition) is 2. The van der Waals surface area contributed by atoms with E-state index in [1.165, 1.54) is 0 Å². The van der Waals surface area contributed by atoms with Crippen molar-refractivity contribution >= 4 is 17.7 Å². The van der Waals surface area contributed by atoms with Crippen LogP contribution >= 0.6 is 0 Å². The van der Waals surface area contributed by atoms with E-state index in [-0.39, 0.29) is 5.91 Å². The van der Waals surface area contributed by atoms with E-state index in [4.69, 9.17) is 5.11 Å². The number of carboxylic acid groups (broad SMARTS) is 1.